The van der Waals surface area contributed by atoms with Crippen LogP contribution in [0.2, 0.25) is 0 Å². The first-order valence-electron chi connectivity index (χ1n) is 11.8. The lowest BCUT2D eigenvalue weighted by molar-refractivity contribution is -0.157. The molecule has 1 saturated heterocycles. The SMILES string of the molecule is O=C(O)C(C(=CC(c1ccccc1)c1ccccc1)CCl)N1C(=O)C2N=C(Cc3ccccc3)SC21. The van der Waals surface area contributed by atoms with Gasteiger partial charge in [0.25, 0.3) is 5.91 Å². The molecule has 3 atom stereocenters. The third-order valence-electron chi connectivity index (χ3n) is 6.51. The third kappa shape index (κ3) is 4.84. The summed E-state index contributed by atoms with van der Waals surface area (Å²) in [7, 11) is 0. The molecule has 7 heteroatoms. The number of amides is 1. The molecule has 36 heavy (non-hydrogen) atoms. The predicted octanol–water partition coefficient (Wildman–Crippen LogP) is 5.36. The summed E-state index contributed by atoms with van der Waals surface area (Å²) in [6, 6.07) is 28.0. The van der Waals surface area contributed by atoms with Crippen LogP contribution in [0.5, 0.6) is 0 Å². The molecule has 2 heterocycles. The van der Waals surface area contributed by atoms with Gasteiger partial charge in [-0.1, -0.05) is 109 Å². The van der Waals surface area contributed by atoms with E-state index in [9.17, 15) is 14.7 Å². The number of hydrogen-bond donors (Lipinski definition) is 1. The topological polar surface area (TPSA) is 70.0 Å². The molecular weight excluding hydrogens is 492 g/mol. The quantitative estimate of drug-likeness (QED) is 0.236. The van der Waals surface area contributed by atoms with Crippen molar-refractivity contribution in [2.45, 2.75) is 29.8 Å². The standard InChI is InChI=1S/C29H25ClN2O3S/c30-18-22(17-23(20-12-6-2-7-13-20)21-14-8-3-9-15-21)26(29(34)35)32-27(33)25-28(32)36-24(31-25)16-19-10-4-1-5-11-19/h1-15,17,23,25-26,28H,16,18H2,(H,34,35). The number of carboxylic acid groups (broad SMARTS) is 1. The van der Waals surface area contributed by atoms with Crippen LogP contribution in [0.4, 0.5) is 0 Å². The number of carboxylic acids is 1. The minimum Gasteiger partial charge on any atom is -0.479 e. The van der Waals surface area contributed by atoms with Gasteiger partial charge in [-0.15, -0.1) is 11.6 Å². The average molecular weight is 517 g/mol. The summed E-state index contributed by atoms with van der Waals surface area (Å²) >= 11 is 7.85. The van der Waals surface area contributed by atoms with Crippen molar-refractivity contribution in [3.8, 4) is 0 Å². The molecule has 5 nitrogen and oxygen atoms in total. The van der Waals surface area contributed by atoms with Gasteiger partial charge in [0.15, 0.2) is 12.1 Å². The number of nitrogens with zero attached hydrogens (tertiary/aromatic N) is 2. The summed E-state index contributed by atoms with van der Waals surface area (Å²) in [4.78, 5) is 31.7. The second-order valence-electron chi connectivity index (χ2n) is 8.80. The number of likely N-dealkylation sites (tertiary alicyclic amines) is 1. The molecule has 1 fully saturated rings. The molecule has 5 rings (SSSR count). The van der Waals surface area contributed by atoms with Crippen molar-refractivity contribution in [2.24, 2.45) is 4.99 Å². The van der Waals surface area contributed by atoms with Crippen LogP contribution in [0.15, 0.2) is 108 Å². The first-order chi connectivity index (χ1) is 17.6. The summed E-state index contributed by atoms with van der Waals surface area (Å²) in [6.07, 6.45) is 2.53. The van der Waals surface area contributed by atoms with E-state index >= 15 is 0 Å². The van der Waals surface area contributed by atoms with E-state index in [1.165, 1.54) is 16.7 Å². The third-order valence-corrected chi connectivity index (χ3v) is 8.06. The van der Waals surface area contributed by atoms with E-state index in [0.717, 1.165) is 21.7 Å². The van der Waals surface area contributed by atoms with Gasteiger partial charge >= 0.3 is 5.97 Å². The van der Waals surface area contributed by atoms with Crippen LogP contribution in [0.1, 0.15) is 22.6 Å². The summed E-state index contributed by atoms with van der Waals surface area (Å²) < 4.78 is 0. The van der Waals surface area contributed by atoms with Crippen LogP contribution in [0.25, 0.3) is 0 Å². The molecule has 182 valence electrons. The number of allylic oxidation sites excluding steroid dienone is 1. The number of carbonyl (C=O) groups excluding carboxylic acids is 1. The fourth-order valence-corrected chi connectivity index (χ4v) is 6.34. The van der Waals surface area contributed by atoms with Crippen molar-refractivity contribution >= 4 is 40.3 Å². The van der Waals surface area contributed by atoms with E-state index in [4.69, 9.17) is 11.6 Å². The van der Waals surface area contributed by atoms with Gasteiger partial charge in [-0.25, -0.2) is 4.79 Å². The van der Waals surface area contributed by atoms with Crippen molar-refractivity contribution in [1.82, 2.24) is 4.90 Å². The summed E-state index contributed by atoms with van der Waals surface area (Å²) in [6.45, 7) is 0. The number of β-lactam (4-membered cyclic amide) rings is 1. The molecule has 0 bridgehead atoms. The highest BCUT2D eigenvalue weighted by Gasteiger charge is 2.56. The van der Waals surface area contributed by atoms with Gasteiger partial charge in [0, 0.05) is 18.2 Å². The molecule has 1 N–H and O–H groups in total. The number of alkyl halides is 1. The summed E-state index contributed by atoms with van der Waals surface area (Å²) in [5.74, 6) is -1.56. The first kappa shape index (κ1) is 24.3. The monoisotopic (exact) mass is 516 g/mol. The van der Waals surface area contributed by atoms with Gasteiger partial charge in [0.1, 0.15) is 5.37 Å². The Kier molecular flexibility index (Phi) is 7.25. The van der Waals surface area contributed by atoms with Gasteiger partial charge in [0.05, 0.1) is 5.04 Å². The first-order valence-corrected chi connectivity index (χ1v) is 13.2. The number of thioether (sulfide) groups is 1. The highest BCUT2D eigenvalue weighted by atomic mass is 35.5. The van der Waals surface area contributed by atoms with Crippen LogP contribution >= 0.6 is 23.4 Å². The molecular formula is C29H25ClN2O3S. The Labute approximate surface area is 219 Å². The van der Waals surface area contributed by atoms with Crippen molar-refractivity contribution in [3.05, 3.63) is 119 Å². The Morgan fingerprint density at radius 3 is 2.06 bits per heavy atom. The smallest absolute Gasteiger partial charge is 0.330 e. The van der Waals surface area contributed by atoms with Gasteiger partial charge in [-0.2, -0.15) is 0 Å². The number of fused-ring (bicyclic) bond motifs is 1. The highest BCUT2D eigenvalue weighted by Crippen LogP contribution is 2.43. The molecule has 2 aliphatic rings. The van der Waals surface area contributed by atoms with Gasteiger partial charge in [0.2, 0.25) is 0 Å². The number of carbonyl (C=O) groups is 2. The average Bonchev–Trinajstić information content (AvgIpc) is 3.28. The van der Waals surface area contributed by atoms with Crippen molar-refractivity contribution < 1.29 is 14.7 Å². The largest absolute Gasteiger partial charge is 0.479 e. The number of benzene rings is 3. The minimum atomic E-state index is -1.15. The lowest BCUT2D eigenvalue weighted by Crippen LogP contribution is -2.66. The second kappa shape index (κ2) is 10.7. The zero-order valence-electron chi connectivity index (χ0n) is 19.4. The molecule has 3 unspecified atom stereocenters. The number of halogens is 1. The summed E-state index contributed by atoms with van der Waals surface area (Å²) in [5.41, 5.74) is 3.64. The molecule has 2 aliphatic heterocycles. The summed E-state index contributed by atoms with van der Waals surface area (Å²) in [5, 5.41) is 10.8. The Bertz CT molecular complexity index is 1260. The van der Waals surface area contributed by atoms with E-state index < -0.39 is 18.1 Å². The zero-order valence-corrected chi connectivity index (χ0v) is 21.0. The second-order valence-corrected chi connectivity index (χ2v) is 10.3. The maximum Gasteiger partial charge on any atom is 0.330 e. The number of aliphatic carboxylic acids is 1. The fourth-order valence-electron chi connectivity index (χ4n) is 4.75. The van der Waals surface area contributed by atoms with E-state index in [-0.39, 0.29) is 23.1 Å². The molecule has 1 amide bonds. The number of hydrogen-bond acceptors (Lipinski definition) is 4. The maximum absolute atomic E-state index is 13.1. The molecule has 0 aliphatic carbocycles. The Hall–Kier alpha value is -3.35. The molecule has 3 aromatic carbocycles. The van der Waals surface area contributed by atoms with E-state index in [1.807, 2.05) is 97.1 Å². The lowest BCUT2D eigenvalue weighted by atomic mass is 9.87. The normalized spacial score (nSPS) is 20.1. The Balaban J connectivity index is 1.44. The van der Waals surface area contributed by atoms with Crippen LogP contribution in [-0.4, -0.2) is 50.3 Å². The molecule has 0 spiro atoms. The minimum absolute atomic E-state index is 0.00328. The molecule has 0 aromatic heterocycles. The predicted molar refractivity (Wildman–Crippen MR) is 145 cm³/mol. The maximum atomic E-state index is 13.1. The number of rotatable bonds is 9. The van der Waals surface area contributed by atoms with Crippen LogP contribution < -0.4 is 0 Å². The molecule has 0 saturated carbocycles. The van der Waals surface area contributed by atoms with E-state index in [0.29, 0.717) is 12.0 Å². The van der Waals surface area contributed by atoms with Crippen LogP contribution in [0, 0.1) is 0 Å². The highest BCUT2D eigenvalue weighted by molar-refractivity contribution is 8.14. The lowest BCUT2D eigenvalue weighted by Gasteiger charge is -2.45. The zero-order chi connectivity index (χ0) is 25.1. The van der Waals surface area contributed by atoms with Gasteiger partial charge in [-0.05, 0) is 22.3 Å². The fraction of sp³-hybridized carbons (Fsp3) is 0.207. The molecule has 3 aromatic rings. The Morgan fingerprint density at radius 1 is 0.972 bits per heavy atom. The van der Waals surface area contributed by atoms with E-state index in [1.54, 1.807) is 0 Å². The van der Waals surface area contributed by atoms with Crippen LogP contribution in [0.3, 0.4) is 0 Å². The van der Waals surface area contributed by atoms with Crippen LogP contribution in [-0.2, 0) is 16.0 Å². The molecule has 0 radical (unpaired) electrons. The van der Waals surface area contributed by atoms with Crippen molar-refractivity contribution in [3.63, 3.8) is 0 Å². The number of aliphatic imine (C=N–C) groups is 1. The van der Waals surface area contributed by atoms with Crippen molar-refractivity contribution in [1.29, 1.82) is 0 Å². The van der Waals surface area contributed by atoms with Crippen molar-refractivity contribution in [2.75, 3.05) is 5.88 Å². The van der Waals surface area contributed by atoms with Gasteiger partial charge in [-0.3, -0.25) is 9.79 Å². The van der Waals surface area contributed by atoms with Gasteiger partial charge < -0.3 is 10.0 Å². The van der Waals surface area contributed by atoms with E-state index in [2.05, 4.69) is 4.99 Å². The Morgan fingerprint density at radius 2 is 1.53 bits per heavy atom.